The molecule has 2 N–H and O–H groups in total. The van der Waals surface area contributed by atoms with Gasteiger partial charge in [-0.25, -0.2) is 9.59 Å². The van der Waals surface area contributed by atoms with Crippen LogP contribution in [0, 0.1) is 5.92 Å². The first-order chi connectivity index (χ1) is 10.1. The van der Waals surface area contributed by atoms with Crippen molar-refractivity contribution in [3.05, 3.63) is 29.8 Å². The Morgan fingerprint density at radius 2 is 2.14 bits per heavy atom. The lowest BCUT2D eigenvalue weighted by Gasteiger charge is -2.23. The summed E-state index contributed by atoms with van der Waals surface area (Å²) in [5.41, 5.74) is 1.64. The number of carbonyl (C=O) groups excluding carboxylic acids is 1. The maximum atomic E-state index is 12.5. The van der Waals surface area contributed by atoms with Gasteiger partial charge in [-0.05, 0) is 30.4 Å². The van der Waals surface area contributed by atoms with Crippen LogP contribution in [0.2, 0.25) is 0 Å². The number of aliphatic carboxylic acids is 1. The van der Waals surface area contributed by atoms with Gasteiger partial charge in [0.2, 0.25) is 0 Å². The minimum absolute atomic E-state index is 0.208. The Morgan fingerprint density at radius 1 is 1.38 bits per heavy atom. The number of amides is 2. The molecular formula is C16H20N2O3. The van der Waals surface area contributed by atoms with Gasteiger partial charge in [0.15, 0.2) is 0 Å². The molecule has 0 radical (unpaired) electrons. The van der Waals surface area contributed by atoms with Gasteiger partial charge in [0.1, 0.15) is 6.04 Å². The number of para-hydroxylation sites is 1. The minimum Gasteiger partial charge on any atom is -0.480 e. The zero-order valence-corrected chi connectivity index (χ0v) is 12.1. The summed E-state index contributed by atoms with van der Waals surface area (Å²) in [5.74, 6) is -0.401. The molecule has 0 saturated heterocycles. The van der Waals surface area contributed by atoms with Gasteiger partial charge in [-0.2, -0.15) is 0 Å². The lowest BCUT2D eigenvalue weighted by atomic mass is 10.1. The van der Waals surface area contributed by atoms with E-state index in [2.05, 4.69) is 12.2 Å². The Hall–Kier alpha value is -2.04. The number of rotatable bonds is 4. The van der Waals surface area contributed by atoms with Gasteiger partial charge < -0.3 is 10.4 Å². The van der Waals surface area contributed by atoms with Gasteiger partial charge >= 0.3 is 12.0 Å². The monoisotopic (exact) mass is 288 g/mol. The Balaban J connectivity index is 1.75. The SMILES string of the molecule is CCCC1CC1NC(=O)N1c2ccccc2C[C@H]1C(=O)O. The maximum Gasteiger partial charge on any atom is 0.327 e. The number of carboxylic acid groups (broad SMARTS) is 1. The van der Waals surface area contributed by atoms with Crippen LogP contribution in [0.3, 0.4) is 0 Å². The second kappa shape index (κ2) is 5.39. The van der Waals surface area contributed by atoms with E-state index in [1.807, 2.05) is 24.3 Å². The van der Waals surface area contributed by atoms with Crippen molar-refractivity contribution in [3.8, 4) is 0 Å². The highest BCUT2D eigenvalue weighted by Gasteiger charge is 2.42. The Morgan fingerprint density at radius 3 is 2.86 bits per heavy atom. The number of carboxylic acids is 1. The number of carbonyl (C=O) groups is 2. The predicted molar refractivity (Wildman–Crippen MR) is 79.4 cm³/mol. The summed E-state index contributed by atoms with van der Waals surface area (Å²) >= 11 is 0. The van der Waals surface area contributed by atoms with Crippen LogP contribution in [0.1, 0.15) is 31.7 Å². The normalized spacial score (nSPS) is 26.3. The molecule has 3 rings (SSSR count). The summed E-state index contributed by atoms with van der Waals surface area (Å²) in [5, 5.41) is 12.3. The molecule has 21 heavy (non-hydrogen) atoms. The van der Waals surface area contributed by atoms with E-state index in [1.165, 1.54) is 4.90 Å². The van der Waals surface area contributed by atoms with Gasteiger partial charge in [0.05, 0.1) is 0 Å². The van der Waals surface area contributed by atoms with Crippen molar-refractivity contribution in [2.45, 2.75) is 44.7 Å². The predicted octanol–water partition coefficient (Wildman–Crippen LogP) is 2.40. The molecular weight excluding hydrogens is 268 g/mol. The quantitative estimate of drug-likeness (QED) is 0.893. The van der Waals surface area contributed by atoms with E-state index < -0.39 is 12.0 Å². The van der Waals surface area contributed by atoms with Crippen LogP contribution in [0.15, 0.2) is 24.3 Å². The summed E-state index contributed by atoms with van der Waals surface area (Å²) in [6.45, 7) is 2.13. The van der Waals surface area contributed by atoms with Crippen LogP contribution in [0.25, 0.3) is 0 Å². The second-order valence-corrected chi connectivity index (χ2v) is 5.90. The third-order valence-corrected chi connectivity index (χ3v) is 4.37. The van der Waals surface area contributed by atoms with E-state index in [1.54, 1.807) is 0 Å². The molecule has 0 bridgehead atoms. The average Bonchev–Trinajstić information content (AvgIpc) is 3.04. The van der Waals surface area contributed by atoms with Crippen LogP contribution in [-0.4, -0.2) is 29.2 Å². The van der Waals surface area contributed by atoms with E-state index in [-0.39, 0.29) is 12.1 Å². The van der Waals surface area contributed by atoms with Crippen molar-refractivity contribution in [2.24, 2.45) is 5.92 Å². The molecule has 1 saturated carbocycles. The van der Waals surface area contributed by atoms with Crippen molar-refractivity contribution in [1.82, 2.24) is 5.32 Å². The van der Waals surface area contributed by atoms with Crippen molar-refractivity contribution in [2.75, 3.05) is 4.90 Å². The molecule has 0 aromatic heterocycles. The highest BCUT2D eigenvalue weighted by atomic mass is 16.4. The lowest BCUT2D eigenvalue weighted by Crippen LogP contribution is -2.48. The second-order valence-electron chi connectivity index (χ2n) is 5.90. The van der Waals surface area contributed by atoms with Crippen molar-refractivity contribution in [1.29, 1.82) is 0 Å². The van der Waals surface area contributed by atoms with Crippen molar-refractivity contribution < 1.29 is 14.7 Å². The van der Waals surface area contributed by atoms with E-state index in [9.17, 15) is 14.7 Å². The number of nitrogens with one attached hydrogen (secondary N) is 1. The molecule has 1 fully saturated rings. The first kappa shape index (κ1) is 13.9. The fourth-order valence-electron chi connectivity index (χ4n) is 3.18. The van der Waals surface area contributed by atoms with Gasteiger partial charge in [0.25, 0.3) is 0 Å². The van der Waals surface area contributed by atoms with Gasteiger partial charge in [-0.15, -0.1) is 0 Å². The summed E-state index contributed by atoms with van der Waals surface area (Å²) in [7, 11) is 0. The summed E-state index contributed by atoms with van der Waals surface area (Å²) in [6.07, 6.45) is 3.61. The summed E-state index contributed by atoms with van der Waals surface area (Å²) in [4.78, 5) is 25.3. The van der Waals surface area contributed by atoms with Gasteiger partial charge in [-0.3, -0.25) is 4.90 Å². The number of hydrogen-bond donors (Lipinski definition) is 2. The molecule has 1 aromatic carbocycles. The zero-order chi connectivity index (χ0) is 15.0. The smallest absolute Gasteiger partial charge is 0.327 e. The average molecular weight is 288 g/mol. The molecule has 0 spiro atoms. The van der Waals surface area contributed by atoms with Crippen LogP contribution in [0.4, 0.5) is 10.5 Å². The highest BCUT2D eigenvalue weighted by molar-refractivity contribution is 6.01. The van der Waals surface area contributed by atoms with Crippen LogP contribution < -0.4 is 10.2 Å². The molecule has 1 aliphatic carbocycles. The molecule has 2 amide bonds. The molecule has 1 aliphatic heterocycles. The molecule has 112 valence electrons. The zero-order valence-electron chi connectivity index (χ0n) is 12.1. The molecule has 3 atom stereocenters. The summed E-state index contributed by atoms with van der Waals surface area (Å²) < 4.78 is 0. The van der Waals surface area contributed by atoms with Crippen LogP contribution in [-0.2, 0) is 11.2 Å². The van der Waals surface area contributed by atoms with Crippen LogP contribution in [0.5, 0.6) is 0 Å². The third kappa shape index (κ3) is 2.60. The number of hydrogen-bond acceptors (Lipinski definition) is 2. The number of urea groups is 1. The highest BCUT2D eigenvalue weighted by Crippen LogP contribution is 2.36. The van der Waals surface area contributed by atoms with Gasteiger partial charge in [-0.1, -0.05) is 31.5 Å². The van der Waals surface area contributed by atoms with Crippen molar-refractivity contribution >= 4 is 17.7 Å². The molecule has 5 heteroatoms. The summed E-state index contributed by atoms with van der Waals surface area (Å²) in [6, 6.07) is 6.53. The van der Waals surface area contributed by atoms with Crippen molar-refractivity contribution in [3.63, 3.8) is 0 Å². The van der Waals surface area contributed by atoms with E-state index in [0.717, 1.165) is 30.5 Å². The topological polar surface area (TPSA) is 69.6 Å². The van der Waals surface area contributed by atoms with E-state index in [4.69, 9.17) is 0 Å². The van der Waals surface area contributed by atoms with E-state index >= 15 is 0 Å². The minimum atomic E-state index is -0.956. The molecule has 2 unspecified atom stereocenters. The molecule has 5 nitrogen and oxygen atoms in total. The fourth-order valence-corrected chi connectivity index (χ4v) is 3.18. The standard InChI is InChI=1S/C16H20N2O3/c1-2-5-10-8-12(10)17-16(21)18-13-7-4-3-6-11(13)9-14(18)15(19)20/h3-4,6-7,10,12,14H,2,5,8-9H2,1H3,(H,17,21)(H,19,20)/t10?,12?,14-/m0/s1. The number of nitrogens with zero attached hydrogens (tertiary/aromatic N) is 1. The number of anilines is 1. The van der Waals surface area contributed by atoms with Crippen LogP contribution >= 0.6 is 0 Å². The first-order valence-corrected chi connectivity index (χ1v) is 7.52. The lowest BCUT2D eigenvalue weighted by molar-refractivity contribution is -0.138. The van der Waals surface area contributed by atoms with E-state index in [0.29, 0.717) is 12.3 Å². The largest absolute Gasteiger partial charge is 0.480 e. The number of fused-ring (bicyclic) bond motifs is 1. The third-order valence-electron chi connectivity index (χ3n) is 4.37. The Labute approximate surface area is 123 Å². The Kier molecular flexibility index (Phi) is 3.57. The molecule has 2 aliphatic rings. The fraction of sp³-hybridized carbons (Fsp3) is 0.500. The number of benzene rings is 1. The molecule has 1 aromatic rings. The molecule has 1 heterocycles. The maximum absolute atomic E-state index is 12.5. The Bertz CT molecular complexity index is 572. The first-order valence-electron chi connectivity index (χ1n) is 7.52. The van der Waals surface area contributed by atoms with Gasteiger partial charge in [0, 0.05) is 18.2 Å².